The van der Waals surface area contributed by atoms with Crippen LogP contribution in [-0.2, 0) is 5.54 Å². The Labute approximate surface area is 113 Å². The minimum Gasteiger partial charge on any atom is -0.321 e. The highest BCUT2D eigenvalue weighted by atomic mass is 15.3. The number of hydrogen-bond acceptors (Lipinski definition) is 2. The van der Waals surface area contributed by atoms with E-state index in [1.54, 1.807) is 0 Å². The zero-order valence-electron chi connectivity index (χ0n) is 11.0. The summed E-state index contributed by atoms with van der Waals surface area (Å²) >= 11 is 0. The lowest BCUT2D eigenvalue weighted by Gasteiger charge is -2.38. The molecule has 2 aliphatic carbocycles. The molecule has 1 heterocycles. The van der Waals surface area contributed by atoms with Crippen LogP contribution >= 0.6 is 0 Å². The summed E-state index contributed by atoms with van der Waals surface area (Å²) in [5.41, 5.74) is 10.1. The summed E-state index contributed by atoms with van der Waals surface area (Å²) in [6.07, 6.45) is 7.95. The number of nitrogens with two attached hydrogens (primary N) is 1. The van der Waals surface area contributed by atoms with E-state index in [1.165, 1.54) is 30.5 Å². The summed E-state index contributed by atoms with van der Waals surface area (Å²) in [6, 6.07) is 10.8. The monoisotopic (exact) mass is 253 g/mol. The second-order valence-corrected chi connectivity index (χ2v) is 6.00. The topological polar surface area (TPSA) is 43.8 Å². The predicted octanol–water partition coefficient (Wildman–Crippen LogP) is 3.09. The fraction of sp³-hybridized carbons (Fsp3) is 0.438. The molecule has 4 rings (SSSR count). The Morgan fingerprint density at radius 2 is 2.05 bits per heavy atom. The highest BCUT2D eigenvalue weighted by molar-refractivity contribution is 5.41. The molecule has 3 nitrogen and oxygen atoms in total. The van der Waals surface area contributed by atoms with Crippen LogP contribution in [0.1, 0.15) is 49.3 Å². The Balaban J connectivity index is 1.74. The van der Waals surface area contributed by atoms with Gasteiger partial charge in [-0.25, -0.2) is 4.68 Å². The van der Waals surface area contributed by atoms with E-state index in [0.717, 1.165) is 18.5 Å². The van der Waals surface area contributed by atoms with Crippen molar-refractivity contribution in [2.45, 2.75) is 43.6 Å². The number of aromatic nitrogens is 2. The van der Waals surface area contributed by atoms with Crippen LogP contribution in [0.2, 0.25) is 0 Å². The van der Waals surface area contributed by atoms with E-state index in [0.29, 0.717) is 5.92 Å². The Hall–Kier alpha value is -1.61. The molecule has 0 aliphatic heterocycles. The van der Waals surface area contributed by atoms with Crippen LogP contribution in [-0.4, -0.2) is 9.78 Å². The SMILES string of the molecule is NC1(c2cccc(-n3nccc3C3CC3)c2)CCC1. The molecule has 0 spiro atoms. The Kier molecular flexibility index (Phi) is 2.33. The average molecular weight is 253 g/mol. The van der Waals surface area contributed by atoms with Gasteiger partial charge >= 0.3 is 0 Å². The maximum atomic E-state index is 6.43. The molecule has 1 aromatic heterocycles. The van der Waals surface area contributed by atoms with E-state index < -0.39 is 0 Å². The first-order valence-corrected chi connectivity index (χ1v) is 7.20. The second kappa shape index (κ2) is 3.94. The number of rotatable bonds is 3. The normalized spacial score (nSPS) is 21.1. The number of nitrogens with zero attached hydrogens (tertiary/aromatic N) is 2. The maximum absolute atomic E-state index is 6.43. The highest BCUT2D eigenvalue weighted by Gasteiger charge is 2.34. The lowest BCUT2D eigenvalue weighted by Crippen LogP contribution is -2.43. The van der Waals surface area contributed by atoms with Crippen molar-refractivity contribution in [2.24, 2.45) is 5.73 Å². The molecule has 1 aromatic carbocycles. The molecule has 2 aliphatic rings. The Bertz CT molecular complexity index is 606. The summed E-state index contributed by atoms with van der Waals surface area (Å²) in [5.74, 6) is 0.710. The van der Waals surface area contributed by atoms with Gasteiger partial charge in [0.1, 0.15) is 0 Å². The molecule has 0 amide bonds. The van der Waals surface area contributed by atoms with Crippen molar-refractivity contribution in [1.29, 1.82) is 0 Å². The van der Waals surface area contributed by atoms with Crippen molar-refractivity contribution in [2.75, 3.05) is 0 Å². The zero-order valence-corrected chi connectivity index (χ0v) is 11.0. The summed E-state index contributed by atoms with van der Waals surface area (Å²) in [7, 11) is 0. The fourth-order valence-electron chi connectivity index (χ4n) is 3.01. The molecule has 3 heteroatoms. The summed E-state index contributed by atoms with van der Waals surface area (Å²) in [6.45, 7) is 0. The molecule has 0 atom stereocenters. The lowest BCUT2D eigenvalue weighted by molar-refractivity contribution is 0.253. The van der Waals surface area contributed by atoms with Crippen LogP contribution < -0.4 is 5.73 Å². The molecular weight excluding hydrogens is 234 g/mol. The summed E-state index contributed by atoms with van der Waals surface area (Å²) in [5, 5.41) is 4.49. The van der Waals surface area contributed by atoms with Crippen molar-refractivity contribution >= 4 is 0 Å². The van der Waals surface area contributed by atoms with Crippen molar-refractivity contribution in [1.82, 2.24) is 9.78 Å². The molecule has 98 valence electrons. The van der Waals surface area contributed by atoms with Crippen LogP contribution in [0.15, 0.2) is 36.5 Å². The standard InChI is InChI=1S/C16H19N3/c17-16(8-2-9-16)13-3-1-4-14(11-13)19-15(7-10-18-19)12-5-6-12/h1,3-4,7,10-12H,2,5-6,8-9,17H2. The third kappa shape index (κ3) is 1.80. The molecule has 2 saturated carbocycles. The first kappa shape index (κ1) is 11.2. The van der Waals surface area contributed by atoms with Crippen LogP contribution in [0.5, 0.6) is 0 Å². The molecule has 2 aromatic rings. The second-order valence-electron chi connectivity index (χ2n) is 6.00. The molecule has 0 bridgehead atoms. The quantitative estimate of drug-likeness (QED) is 0.913. The summed E-state index contributed by atoms with van der Waals surface area (Å²) in [4.78, 5) is 0. The third-order valence-electron chi connectivity index (χ3n) is 4.58. The molecule has 0 unspecified atom stereocenters. The van der Waals surface area contributed by atoms with Crippen molar-refractivity contribution in [3.05, 3.63) is 47.8 Å². The molecule has 2 fully saturated rings. The van der Waals surface area contributed by atoms with Gasteiger partial charge in [0.25, 0.3) is 0 Å². The number of benzene rings is 1. The first-order valence-electron chi connectivity index (χ1n) is 7.20. The average Bonchev–Trinajstić information content (AvgIpc) is 3.13. The molecular formula is C16H19N3. The van der Waals surface area contributed by atoms with Crippen LogP contribution in [0.25, 0.3) is 5.69 Å². The van der Waals surface area contributed by atoms with E-state index in [9.17, 15) is 0 Å². The Morgan fingerprint density at radius 3 is 2.74 bits per heavy atom. The van der Waals surface area contributed by atoms with Crippen molar-refractivity contribution in [3.8, 4) is 5.69 Å². The van der Waals surface area contributed by atoms with Gasteiger partial charge in [0.2, 0.25) is 0 Å². The molecule has 0 radical (unpaired) electrons. The smallest absolute Gasteiger partial charge is 0.0652 e. The van der Waals surface area contributed by atoms with E-state index >= 15 is 0 Å². The minimum atomic E-state index is -0.0943. The van der Waals surface area contributed by atoms with Gasteiger partial charge in [-0.1, -0.05) is 12.1 Å². The van der Waals surface area contributed by atoms with E-state index in [2.05, 4.69) is 40.1 Å². The van der Waals surface area contributed by atoms with Crippen LogP contribution in [0.3, 0.4) is 0 Å². The predicted molar refractivity (Wildman–Crippen MR) is 75.3 cm³/mol. The van der Waals surface area contributed by atoms with Gasteiger partial charge in [0.05, 0.1) is 5.69 Å². The van der Waals surface area contributed by atoms with Gasteiger partial charge < -0.3 is 5.73 Å². The van der Waals surface area contributed by atoms with Gasteiger partial charge in [-0.3, -0.25) is 0 Å². The van der Waals surface area contributed by atoms with Crippen LogP contribution in [0.4, 0.5) is 0 Å². The van der Waals surface area contributed by atoms with Gasteiger partial charge in [-0.05, 0) is 55.9 Å². The van der Waals surface area contributed by atoms with Crippen molar-refractivity contribution < 1.29 is 0 Å². The minimum absolute atomic E-state index is 0.0943. The van der Waals surface area contributed by atoms with E-state index in [1.807, 2.05) is 6.20 Å². The van der Waals surface area contributed by atoms with Gasteiger partial charge in [-0.15, -0.1) is 0 Å². The van der Waals surface area contributed by atoms with Crippen molar-refractivity contribution in [3.63, 3.8) is 0 Å². The largest absolute Gasteiger partial charge is 0.321 e. The lowest BCUT2D eigenvalue weighted by atomic mass is 9.73. The molecule has 19 heavy (non-hydrogen) atoms. The zero-order chi connectivity index (χ0) is 12.9. The number of hydrogen-bond donors (Lipinski definition) is 1. The fourth-order valence-corrected chi connectivity index (χ4v) is 3.01. The Morgan fingerprint density at radius 1 is 1.21 bits per heavy atom. The van der Waals surface area contributed by atoms with E-state index in [4.69, 9.17) is 5.73 Å². The van der Waals surface area contributed by atoms with E-state index in [-0.39, 0.29) is 5.54 Å². The van der Waals surface area contributed by atoms with Gasteiger partial charge in [-0.2, -0.15) is 5.10 Å². The summed E-state index contributed by atoms with van der Waals surface area (Å²) < 4.78 is 2.09. The van der Waals surface area contributed by atoms with Gasteiger partial charge in [0, 0.05) is 23.3 Å². The third-order valence-corrected chi connectivity index (χ3v) is 4.58. The maximum Gasteiger partial charge on any atom is 0.0652 e. The van der Waals surface area contributed by atoms with Crippen LogP contribution in [0, 0.1) is 0 Å². The molecule has 2 N–H and O–H groups in total. The first-order chi connectivity index (χ1) is 9.26. The molecule has 0 saturated heterocycles. The highest BCUT2D eigenvalue weighted by Crippen LogP contribution is 2.42. The van der Waals surface area contributed by atoms with Gasteiger partial charge in [0.15, 0.2) is 0 Å².